The number of aryl methyl sites for hydroxylation is 1. The summed E-state index contributed by atoms with van der Waals surface area (Å²) in [5.74, 6) is 1.63. The maximum absolute atomic E-state index is 11.9. The Morgan fingerprint density at radius 2 is 1.86 bits per heavy atom. The van der Waals surface area contributed by atoms with Gasteiger partial charge in [-0.2, -0.15) is 9.29 Å². The fourth-order valence-electron chi connectivity index (χ4n) is 2.31. The number of piperazine rings is 1. The molecule has 0 aliphatic carbocycles. The Morgan fingerprint density at radius 1 is 1.19 bits per heavy atom. The normalized spacial score (nSPS) is 17.0. The third-order valence-corrected chi connectivity index (χ3v) is 5.36. The van der Waals surface area contributed by atoms with Crippen molar-refractivity contribution < 1.29 is 8.42 Å². The Hall–Kier alpha value is -1.41. The van der Waals surface area contributed by atoms with Crippen molar-refractivity contribution in [1.82, 2.24) is 14.3 Å². The molecule has 1 aromatic rings. The van der Waals surface area contributed by atoms with Crippen LogP contribution >= 0.6 is 0 Å². The van der Waals surface area contributed by atoms with E-state index in [1.165, 1.54) is 0 Å². The van der Waals surface area contributed by atoms with E-state index in [1.54, 1.807) is 11.2 Å². The van der Waals surface area contributed by atoms with Gasteiger partial charge in [-0.25, -0.2) is 13.4 Å². The van der Waals surface area contributed by atoms with Crippen molar-refractivity contribution in [2.24, 2.45) is 0 Å². The zero-order valence-electron chi connectivity index (χ0n) is 12.8. The minimum absolute atomic E-state index is 0.151. The second kappa shape index (κ2) is 6.57. The molecule has 0 radical (unpaired) electrons. The Labute approximate surface area is 126 Å². The van der Waals surface area contributed by atoms with Crippen LogP contribution in [0.1, 0.15) is 19.5 Å². The third-order valence-electron chi connectivity index (χ3n) is 3.48. The monoisotopic (exact) mass is 313 g/mol. The summed E-state index contributed by atoms with van der Waals surface area (Å²) in [6.07, 6.45) is 0. The van der Waals surface area contributed by atoms with Gasteiger partial charge < -0.3 is 10.2 Å². The molecule has 2 heterocycles. The summed E-state index contributed by atoms with van der Waals surface area (Å²) >= 11 is 0. The van der Waals surface area contributed by atoms with Crippen LogP contribution in [-0.2, 0) is 10.0 Å². The van der Waals surface area contributed by atoms with Gasteiger partial charge in [0.25, 0.3) is 0 Å². The zero-order valence-corrected chi connectivity index (χ0v) is 13.7. The minimum Gasteiger partial charge on any atom is -0.370 e. The lowest BCUT2D eigenvalue weighted by Crippen LogP contribution is -2.49. The predicted molar refractivity (Wildman–Crippen MR) is 84.2 cm³/mol. The molecular weight excluding hydrogens is 290 g/mol. The molecule has 118 valence electrons. The van der Waals surface area contributed by atoms with E-state index in [-0.39, 0.29) is 5.75 Å². The molecule has 1 fully saturated rings. The summed E-state index contributed by atoms with van der Waals surface area (Å²) in [5.41, 5.74) is 0.902. The summed E-state index contributed by atoms with van der Waals surface area (Å²) in [7, 11) is -3.10. The largest absolute Gasteiger partial charge is 0.370 e. The average molecular weight is 313 g/mol. The Morgan fingerprint density at radius 3 is 2.43 bits per heavy atom. The first kappa shape index (κ1) is 16.0. The lowest BCUT2D eigenvalue weighted by molar-refractivity contribution is 0.383. The van der Waals surface area contributed by atoms with Crippen LogP contribution in [0.25, 0.3) is 0 Å². The SMILES string of the molecule is CCNc1cc(C)nc(N2CCN(S(=O)(=O)CC)CC2)n1. The fourth-order valence-corrected chi connectivity index (χ4v) is 3.40. The van der Waals surface area contributed by atoms with Crippen LogP contribution in [0.2, 0.25) is 0 Å². The average Bonchev–Trinajstić information content (AvgIpc) is 2.47. The lowest BCUT2D eigenvalue weighted by atomic mass is 10.3. The highest BCUT2D eigenvalue weighted by Crippen LogP contribution is 2.16. The van der Waals surface area contributed by atoms with Gasteiger partial charge >= 0.3 is 0 Å². The maximum Gasteiger partial charge on any atom is 0.227 e. The molecule has 0 bridgehead atoms. The molecule has 1 aliphatic heterocycles. The summed E-state index contributed by atoms with van der Waals surface area (Å²) in [6.45, 7) is 8.65. The van der Waals surface area contributed by atoms with Gasteiger partial charge in [0.1, 0.15) is 5.82 Å². The second-order valence-electron chi connectivity index (χ2n) is 5.01. The molecule has 0 atom stereocenters. The number of hydrogen-bond acceptors (Lipinski definition) is 6. The maximum atomic E-state index is 11.9. The van der Waals surface area contributed by atoms with E-state index in [0.29, 0.717) is 32.1 Å². The number of sulfonamides is 1. The summed E-state index contributed by atoms with van der Waals surface area (Å²) in [6, 6.07) is 1.91. The van der Waals surface area contributed by atoms with Crippen LogP contribution in [0.3, 0.4) is 0 Å². The molecule has 0 amide bonds. The fraction of sp³-hybridized carbons (Fsp3) is 0.692. The van der Waals surface area contributed by atoms with E-state index >= 15 is 0 Å². The van der Waals surface area contributed by atoms with Crippen molar-refractivity contribution >= 4 is 21.8 Å². The number of nitrogens with one attached hydrogen (secondary N) is 1. The molecule has 0 aromatic carbocycles. The first-order valence-electron chi connectivity index (χ1n) is 7.28. The number of hydrogen-bond donors (Lipinski definition) is 1. The van der Waals surface area contributed by atoms with Gasteiger partial charge in [0.05, 0.1) is 5.75 Å². The standard InChI is InChI=1S/C13H23N5O2S/c1-4-14-12-10-11(3)15-13(16-12)17-6-8-18(9-7-17)21(19,20)5-2/h10H,4-9H2,1-3H3,(H,14,15,16). The molecule has 1 aliphatic rings. The summed E-state index contributed by atoms with van der Waals surface area (Å²) < 4.78 is 25.3. The Balaban J connectivity index is 2.08. The van der Waals surface area contributed by atoms with Gasteiger partial charge in [0.2, 0.25) is 16.0 Å². The molecule has 0 unspecified atom stereocenters. The number of aromatic nitrogens is 2. The minimum atomic E-state index is -3.10. The van der Waals surface area contributed by atoms with Crippen molar-refractivity contribution in [2.75, 3.05) is 48.7 Å². The second-order valence-corrected chi connectivity index (χ2v) is 7.27. The van der Waals surface area contributed by atoms with Crippen LogP contribution in [0.5, 0.6) is 0 Å². The highest BCUT2D eigenvalue weighted by atomic mass is 32.2. The predicted octanol–water partition coefficient (Wildman–Crippen LogP) is 0.689. The highest BCUT2D eigenvalue weighted by Gasteiger charge is 2.26. The Kier molecular flexibility index (Phi) is 5.00. The molecule has 21 heavy (non-hydrogen) atoms. The van der Waals surface area contributed by atoms with E-state index in [0.717, 1.165) is 18.1 Å². The highest BCUT2D eigenvalue weighted by molar-refractivity contribution is 7.89. The van der Waals surface area contributed by atoms with E-state index in [2.05, 4.69) is 15.3 Å². The lowest BCUT2D eigenvalue weighted by Gasteiger charge is -2.34. The molecule has 2 rings (SSSR count). The van der Waals surface area contributed by atoms with Crippen molar-refractivity contribution in [3.63, 3.8) is 0 Å². The topological polar surface area (TPSA) is 78.4 Å². The first-order chi connectivity index (χ1) is 9.96. The van der Waals surface area contributed by atoms with Crippen molar-refractivity contribution in [3.05, 3.63) is 11.8 Å². The summed E-state index contributed by atoms with van der Waals surface area (Å²) in [5, 5.41) is 3.19. The molecular formula is C13H23N5O2S. The molecule has 7 nitrogen and oxygen atoms in total. The van der Waals surface area contributed by atoms with Gasteiger partial charge in [0, 0.05) is 44.5 Å². The van der Waals surface area contributed by atoms with Crippen LogP contribution in [-0.4, -0.2) is 61.2 Å². The van der Waals surface area contributed by atoms with E-state index in [1.807, 2.05) is 24.8 Å². The molecule has 1 aromatic heterocycles. The number of rotatable bonds is 5. The van der Waals surface area contributed by atoms with Crippen LogP contribution in [0.4, 0.5) is 11.8 Å². The summed E-state index contributed by atoms with van der Waals surface area (Å²) in [4.78, 5) is 11.0. The van der Waals surface area contributed by atoms with Crippen LogP contribution < -0.4 is 10.2 Å². The van der Waals surface area contributed by atoms with Gasteiger partial charge in [-0.1, -0.05) is 0 Å². The number of nitrogens with zero attached hydrogens (tertiary/aromatic N) is 4. The molecule has 1 saturated heterocycles. The van der Waals surface area contributed by atoms with Crippen LogP contribution in [0.15, 0.2) is 6.07 Å². The van der Waals surface area contributed by atoms with E-state index < -0.39 is 10.0 Å². The quantitative estimate of drug-likeness (QED) is 0.861. The number of anilines is 2. The molecule has 8 heteroatoms. The zero-order chi connectivity index (χ0) is 15.5. The Bertz CT molecular complexity index is 582. The van der Waals surface area contributed by atoms with Gasteiger partial charge in [-0.15, -0.1) is 0 Å². The molecule has 0 spiro atoms. The van der Waals surface area contributed by atoms with Gasteiger partial charge in [0.15, 0.2) is 0 Å². The smallest absolute Gasteiger partial charge is 0.227 e. The van der Waals surface area contributed by atoms with E-state index in [9.17, 15) is 8.42 Å². The van der Waals surface area contributed by atoms with E-state index in [4.69, 9.17) is 0 Å². The van der Waals surface area contributed by atoms with Crippen molar-refractivity contribution in [2.45, 2.75) is 20.8 Å². The third kappa shape index (κ3) is 3.82. The van der Waals surface area contributed by atoms with Gasteiger partial charge in [-0.05, 0) is 20.8 Å². The molecule has 0 saturated carbocycles. The van der Waals surface area contributed by atoms with Crippen molar-refractivity contribution in [3.8, 4) is 0 Å². The van der Waals surface area contributed by atoms with Crippen LogP contribution in [0, 0.1) is 6.92 Å². The first-order valence-corrected chi connectivity index (χ1v) is 8.89. The van der Waals surface area contributed by atoms with Crippen molar-refractivity contribution in [1.29, 1.82) is 0 Å². The molecule has 1 N–H and O–H groups in total. The van der Waals surface area contributed by atoms with Gasteiger partial charge in [-0.3, -0.25) is 0 Å².